The zero-order chi connectivity index (χ0) is 30.7. The van der Waals surface area contributed by atoms with E-state index in [1.807, 2.05) is 67.3 Å². The molecule has 9 heteroatoms. The number of hydrogen-bond donors (Lipinski definition) is 2. The number of aliphatic hydroxyl groups is 1. The van der Waals surface area contributed by atoms with Gasteiger partial charge in [0.05, 0.1) is 35.1 Å². The number of aromatic nitrogens is 2. The Bertz CT molecular complexity index is 1870. The molecule has 3 aliphatic rings. The number of hydrogen-bond acceptors (Lipinski definition) is 7. The summed E-state index contributed by atoms with van der Waals surface area (Å²) in [4.78, 5) is 47.4. The van der Waals surface area contributed by atoms with Crippen molar-refractivity contribution in [2.24, 2.45) is 0 Å². The first kappa shape index (κ1) is 28.4. The molecule has 9 nitrogen and oxygen atoms in total. The smallest absolute Gasteiger partial charge is 0.343 e. The largest absolute Gasteiger partial charge is 0.458 e. The Morgan fingerprint density at radius 3 is 2.57 bits per heavy atom. The summed E-state index contributed by atoms with van der Waals surface area (Å²) in [6, 6.07) is 19.4. The summed E-state index contributed by atoms with van der Waals surface area (Å²) in [5.41, 5.74) is 3.56. The number of nitrogens with one attached hydrogen (secondary N) is 1. The highest BCUT2D eigenvalue weighted by atomic mass is 16.6. The molecule has 1 fully saturated rings. The van der Waals surface area contributed by atoms with Gasteiger partial charge in [0.15, 0.2) is 5.60 Å². The summed E-state index contributed by atoms with van der Waals surface area (Å²) in [6.45, 7) is 7.03. The second kappa shape index (κ2) is 10.7. The summed E-state index contributed by atoms with van der Waals surface area (Å²) in [6.07, 6.45) is 0.681. The van der Waals surface area contributed by atoms with Crippen LogP contribution in [0.4, 0.5) is 0 Å². The number of cyclic esters (lactones) is 1. The average molecular weight is 593 g/mol. The van der Waals surface area contributed by atoms with Crippen molar-refractivity contribution in [2.75, 3.05) is 13.1 Å². The van der Waals surface area contributed by atoms with Crippen LogP contribution in [0.5, 0.6) is 0 Å². The molecule has 0 spiro atoms. The number of carbonyl (C=O) groups is 2. The van der Waals surface area contributed by atoms with Crippen LogP contribution in [-0.4, -0.2) is 56.6 Å². The normalized spacial score (nSPS) is 22.9. The summed E-state index contributed by atoms with van der Waals surface area (Å²) in [5.74, 6) is -0.729. The molecule has 1 saturated heterocycles. The fourth-order valence-corrected chi connectivity index (χ4v) is 7.16. The van der Waals surface area contributed by atoms with Crippen LogP contribution in [0.15, 0.2) is 65.5 Å². The average Bonchev–Trinajstić information content (AvgIpc) is 3.31. The predicted molar refractivity (Wildman–Crippen MR) is 166 cm³/mol. The number of carbonyl (C=O) groups excluding carboxylic acids is 2. The Hall–Kier alpha value is -4.34. The second-order valence-electron chi connectivity index (χ2n) is 12.4. The van der Waals surface area contributed by atoms with Crippen LogP contribution in [0.3, 0.4) is 0 Å². The molecule has 3 atom stereocenters. The van der Waals surface area contributed by atoms with Gasteiger partial charge in [-0.3, -0.25) is 9.59 Å². The van der Waals surface area contributed by atoms with E-state index in [1.54, 1.807) is 17.6 Å². The minimum Gasteiger partial charge on any atom is -0.458 e. The Kier molecular flexibility index (Phi) is 6.90. The second-order valence-corrected chi connectivity index (χ2v) is 12.4. The van der Waals surface area contributed by atoms with Crippen molar-refractivity contribution in [3.63, 3.8) is 0 Å². The number of esters is 1. The summed E-state index contributed by atoms with van der Waals surface area (Å²) >= 11 is 0. The number of nitrogens with zero attached hydrogens (tertiary/aromatic N) is 3. The first-order valence-corrected chi connectivity index (χ1v) is 15.4. The SMILES string of the molecule is CC[C@@]1(O)C(=O)OCc2c1cc1n(c2=O)Cc2c-1nc1ccccc1c2C1CN[C@@H](Cc2ccccc2)C(=O)N(C(C)C)C1. The van der Waals surface area contributed by atoms with E-state index in [4.69, 9.17) is 9.72 Å². The number of ether oxygens (including phenoxy) is 1. The van der Waals surface area contributed by atoms with Gasteiger partial charge in [-0.15, -0.1) is 0 Å². The number of fused-ring (bicyclic) bond motifs is 5. The molecule has 226 valence electrons. The topological polar surface area (TPSA) is 114 Å². The molecular weight excluding hydrogens is 556 g/mol. The number of para-hydroxylation sites is 1. The number of rotatable bonds is 5. The van der Waals surface area contributed by atoms with E-state index in [1.165, 1.54) is 0 Å². The highest BCUT2D eigenvalue weighted by Crippen LogP contribution is 2.42. The molecule has 0 radical (unpaired) electrons. The van der Waals surface area contributed by atoms with Gasteiger partial charge in [-0.25, -0.2) is 9.78 Å². The van der Waals surface area contributed by atoms with Crippen LogP contribution in [0.2, 0.25) is 0 Å². The van der Waals surface area contributed by atoms with E-state index in [0.29, 0.717) is 48.6 Å². The van der Waals surface area contributed by atoms with E-state index in [9.17, 15) is 19.5 Å². The first-order valence-electron chi connectivity index (χ1n) is 15.4. The molecule has 44 heavy (non-hydrogen) atoms. The molecule has 7 rings (SSSR count). The molecule has 0 aliphatic carbocycles. The van der Waals surface area contributed by atoms with E-state index >= 15 is 0 Å². The van der Waals surface area contributed by atoms with Crippen LogP contribution < -0.4 is 10.9 Å². The minimum atomic E-state index is -1.89. The third-order valence-corrected chi connectivity index (χ3v) is 9.56. The quantitative estimate of drug-likeness (QED) is 0.300. The molecule has 5 heterocycles. The van der Waals surface area contributed by atoms with Gasteiger partial charge in [0.25, 0.3) is 5.56 Å². The van der Waals surface area contributed by atoms with Gasteiger partial charge in [0.2, 0.25) is 5.91 Å². The highest BCUT2D eigenvalue weighted by Gasteiger charge is 2.46. The third-order valence-electron chi connectivity index (χ3n) is 9.56. The summed E-state index contributed by atoms with van der Waals surface area (Å²) in [7, 11) is 0. The van der Waals surface area contributed by atoms with Gasteiger partial charge < -0.3 is 24.6 Å². The molecule has 0 saturated carbocycles. The molecule has 1 amide bonds. The van der Waals surface area contributed by atoms with Gasteiger partial charge in [-0.05, 0) is 49.9 Å². The van der Waals surface area contributed by atoms with Crippen molar-refractivity contribution in [2.45, 2.75) is 70.4 Å². The zero-order valence-electron chi connectivity index (χ0n) is 25.2. The molecule has 2 N–H and O–H groups in total. The first-order chi connectivity index (χ1) is 21.2. The van der Waals surface area contributed by atoms with Gasteiger partial charge in [-0.1, -0.05) is 55.5 Å². The minimum absolute atomic E-state index is 0.000114. The maximum Gasteiger partial charge on any atom is 0.343 e. The lowest BCUT2D eigenvalue weighted by molar-refractivity contribution is -0.172. The van der Waals surface area contributed by atoms with Crippen LogP contribution >= 0.6 is 0 Å². The Morgan fingerprint density at radius 2 is 1.82 bits per heavy atom. The van der Waals surface area contributed by atoms with E-state index in [-0.39, 0.29) is 42.5 Å². The fraction of sp³-hybridized carbons (Fsp3) is 0.371. The van der Waals surface area contributed by atoms with Crippen molar-refractivity contribution in [1.29, 1.82) is 0 Å². The monoisotopic (exact) mass is 592 g/mol. The maximum atomic E-state index is 13.9. The van der Waals surface area contributed by atoms with Crippen molar-refractivity contribution in [3.8, 4) is 11.4 Å². The lowest BCUT2D eigenvalue weighted by Gasteiger charge is -2.31. The number of benzene rings is 2. The van der Waals surface area contributed by atoms with Crippen LogP contribution in [0.1, 0.15) is 60.9 Å². The molecule has 3 aliphatic heterocycles. The van der Waals surface area contributed by atoms with Crippen LogP contribution in [0.25, 0.3) is 22.3 Å². The zero-order valence-corrected chi connectivity index (χ0v) is 25.2. The van der Waals surface area contributed by atoms with Crippen molar-refractivity contribution in [3.05, 3.63) is 98.8 Å². The van der Waals surface area contributed by atoms with E-state index in [0.717, 1.165) is 27.6 Å². The van der Waals surface area contributed by atoms with E-state index in [2.05, 4.69) is 11.4 Å². The Balaban J connectivity index is 1.37. The van der Waals surface area contributed by atoms with Gasteiger partial charge in [0, 0.05) is 41.6 Å². The Labute approximate surface area is 255 Å². The maximum absolute atomic E-state index is 13.9. The summed E-state index contributed by atoms with van der Waals surface area (Å²) < 4.78 is 6.94. The van der Waals surface area contributed by atoms with Crippen molar-refractivity contribution >= 4 is 22.8 Å². The van der Waals surface area contributed by atoms with Gasteiger partial charge in [0.1, 0.15) is 6.61 Å². The number of pyridine rings is 2. The lowest BCUT2D eigenvalue weighted by atomic mass is 9.85. The summed E-state index contributed by atoms with van der Waals surface area (Å²) in [5, 5.41) is 15.9. The van der Waals surface area contributed by atoms with Gasteiger partial charge >= 0.3 is 5.97 Å². The third kappa shape index (κ3) is 4.37. The fourth-order valence-electron chi connectivity index (χ4n) is 7.16. The Morgan fingerprint density at radius 1 is 1.07 bits per heavy atom. The molecule has 1 unspecified atom stereocenters. The van der Waals surface area contributed by atoms with E-state index < -0.39 is 11.6 Å². The lowest BCUT2D eigenvalue weighted by Crippen LogP contribution is -2.47. The number of amides is 1. The molecular formula is C35H36N4O5. The van der Waals surface area contributed by atoms with Crippen molar-refractivity contribution in [1.82, 2.24) is 19.8 Å². The molecule has 0 bridgehead atoms. The van der Waals surface area contributed by atoms with Crippen molar-refractivity contribution < 1.29 is 19.4 Å². The van der Waals surface area contributed by atoms with Crippen LogP contribution in [0, 0.1) is 0 Å². The van der Waals surface area contributed by atoms with Gasteiger partial charge in [-0.2, -0.15) is 0 Å². The predicted octanol–water partition coefficient (Wildman–Crippen LogP) is 3.61. The molecule has 2 aromatic carbocycles. The standard InChI is InChI=1S/C35H36N4O5/c1-4-35(43)26-15-29-31-24(18-39(29)32(40)25(26)19-44-34(35)42)30(23-12-8-9-13-27(23)37-31)22-16-36-28(14-21-10-6-5-7-11-21)33(41)38(17-22)20(2)3/h5-13,15,20,22,28,36,43H,4,14,16-19H2,1-3H3/t22?,28-,35-/m0/s1. The molecule has 4 aromatic rings. The highest BCUT2D eigenvalue weighted by molar-refractivity contribution is 5.90. The molecule has 2 aromatic heterocycles. The van der Waals surface area contributed by atoms with Crippen LogP contribution in [-0.2, 0) is 39.5 Å².